The van der Waals surface area contributed by atoms with Gasteiger partial charge < -0.3 is 19.7 Å². The van der Waals surface area contributed by atoms with Crippen molar-refractivity contribution < 1.29 is 18.7 Å². The Morgan fingerprint density at radius 3 is 2.83 bits per heavy atom. The number of fused-ring (bicyclic) bond motifs is 1. The summed E-state index contributed by atoms with van der Waals surface area (Å²) in [5.74, 6) is 0. The molecule has 0 bridgehead atoms. The number of hydrogen-bond donors (Lipinski definition) is 1. The van der Waals surface area contributed by atoms with Gasteiger partial charge in [0.1, 0.15) is 17.9 Å². The van der Waals surface area contributed by atoms with Gasteiger partial charge in [0.2, 0.25) is 0 Å². The number of carbonyl (C=O) groups is 1. The van der Waals surface area contributed by atoms with Gasteiger partial charge in [-0.2, -0.15) is 0 Å². The average Bonchev–Trinajstić information content (AvgIpc) is 2.26. The zero-order chi connectivity index (χ0) is 13.3. The minimum atomic E-state index is -1.16. The summed E-state index contributed by atoms with van der Waals surface area (Å²) in [6.07, 6.45) is -2.07. The van der Waals surface area contributed by atoms with E-state index in [1.54, 1.807) is 20.8 Å². The lowest BCUT2D eigenvalue weighted by molar-refractivity contribution is -0.0880. The van der Waals surface area contributed by atoms with Gasteiger partial charge in [0.25, 0.3) is 0 Å². The zero-order valence-corrected chi connectivity index (χ0v) is 11.1. The maximum absolute atomic E-state index is 13.9. The number of rotatable bonds is 0. The van der Waals surface area contributed by atoms with Gasteiger partial charge in [-0.05, 0) is 20.8 Å². The number of ether oxygens (including phenoxy) is 2. The number of nitrogens with zero attached hydrogens (tertiary/aromatic N) is 1. The quantitative estimate of drug-likeness (QED) is 0.704. The summed E-state index contributed by atoms with van der Waals surface area (Å²) in [5.41, 5.74) is -0.559. The van der Waals surface area contributed by atoms with E-state index in [0.29, 0.717) is 19.7 Å². The van der Waals surface area contributed by atoms with Gasteiger partial charge in [-0.1, -0.05) is 0 Å². The molecule has 104 valence electrons. The van der Waals surface area contributed by atoms with Crippen LogP contribution >= 0.6 is 0 Å². The minimum absolute atomic E-state index is 0.0394. The van der Waals surface area contributed by atoms with Crippen LogP contribution in [0.1, 0.15) is 20.8 Å². The molecule has 1 amide bonds. The van der Waals surface area contributed by atoms with Crippen LogP contribution in [0.25, 0.3) is 0 Å². The summed E-state index contributed by atoms with van der Waals surface area (Å²) in [7, 11) is 0. The summed E-state index contributed by atoms with van der Waals surface area (Å²) in [4.78, 5) is 13.3. The van der Waals surface area contributed by atoms with Crippen LogP contribution in [0.3, 0.4) is 0 Å². The third-order valence-electron chi connectivity index (χ3n) is 3.04. The Labute approximate surface area is 107 Å². The first-order valence-corrected chi connectivity index (χ1v) is 6.34. The molecule has 0 radical (unpaired) electrons. The van der Waals surface area contributed by atoms with Crippen LogP contribution in [0.5, 0.6) is 0 Å². The molecule has 0 saturated carbocycles. The van der Waals surface area contributed by atoms with Crippen LogP contribution in [0.15, 0.2) is 0 Å². The van der Waals surface area contributed by atoms with Gasteiger partial charge in [-0.25, -0.2) is 9.18 Å². The Morgan fingerprint density at radius 1 is 1.44 bits per heavy atom. The molecule has 2 aliphatic heterocycles. The molecule has 0 aromatic carbocycles. The standard InChI is InChI=1S/C12H21FN2O3/c1-12(2,3)18-11(16)15-6-8(13)10-9(7-15)14-4-5-17-10/h8-10,14H,4-7H2,1-3H3. The van der Waals surface area contributed by atoms with Crippen molar-refractivity contribution in [2.75, 3.05) is 26.2 Å². The number of morpholine rings is 1. The van der Waals surface area contributed by atoms with E-state index in [0.717, 1.165) is 0 Å². The number of nitrogens with one attached hydrogen (secondary N) is 1. The molecule has 6 heteroatoms. The molecule has 2 aliphatic rings. The Hall–Kier alpha value is -0.880. The fourth-order valence-corrected chi connectivity index (χ4v) is 2.30. The van der Waals surface area contributed by atoms with Crippen molar-refractivity contribution in [3.8, 4) is 0 Å². The number of amides is 1. The topological polar surface area (TPSA) is 50.8 Å². The highest BCUT2D eigenvalue weighted by molar-refractivity contribution is 5.68. The van der Waals surface area contributed by atoms with E-state index in [1.165, 1.54) is 4.90 Å². The summed E-state index contributed by atoms with van der Waals surface area (Å²) in [6.45, 7) is 7.08. The van der Waals surface area contributed by atoms with E-state index in [2.05, 4.69) is 5.32 Å². The maximum atomic E-state index is 13.9. The van der Waals surface area contributed by atoms with E-state index in [-0.39, 0.29) is 12.6 Å². The third kappa shape index (κ3) is 3.11. The van der Waals surface area contributed by atoms with Gasteiger partial charge in [-0.3, -0.25) is 0 Å². The fraction of sp³-hybridized carbons (Fsp3) is 0.917. The normalized spacial score (nSPS) is 32.9. The molecule has 0 aliphatic carbocycles. The van der Waals surface area contributed by atoms with Crippen LogP contribution in [0.4, 0.5) is 9.18 Å². The Bertz CT molecular complexity index is 319. The molecule has 3 atom stereocenters. The van der Waals surface area contributed by atoms with E-state index < -0.39 is 24.0 Å². The summed E-state index contributed by atoms with van der Waals surface area (Å²) in [6, 6.07) is -0.144. The second-order valence-electron chi connectivity index (χ2n) is 5.80. The molecule has 2 saturated heterocycles. The van der Waals surface area contributed by atoms with Crippen LogP contribution in [-0.2, 0) is 9.47 Å². The van der Waals surface area contributed by atoms with Gasteiger partial charge in [0.15, 0.2) is 0 Å². The van der Waals surface area contributed by atoms with Crippen molar-refractivity contribution >= 4 is 6.09 Å². The second-order valence-corrected chi connectivity index (χ2v) is 5.80. The Balaban J connectivity index is 1.97. The Kier molecular flexibility index (Phi) is 3.77. The highest BCUT2D eigenvalue weighted by Gasteiger charge is 2.42. The number of alkyl halides is 1. The lowest BCUT2D eigenvalue weighted by Gasteiger charge is -2.43. The van der Waals surface area contributed by atoms with Crippen molar-refractivity contribution in [3.63, 3.8) is 0 Å². The second kappa shape index (κ2) is 5.01. The Morgan fingerprint density at radius 2 is 2.17 bits per heavy atom. The first-order valence-electron chi connectivity index (χ1n) is 6.34. The van der Waals surface area contributed by atoms with Crippen LogP contribution in [-0.4, -0.2) is 61.2 Å². The first kappa shape index (κ1) is 13.5. The molecule has 2 rings (SSSR count). The van der Waals surface area contributed by atoms with E-state index in [9.17, 15) is 9.18 Å². The molecule has 2 heterocycles. The van der Waals surface area contributed by atoms with Gasteiger partial charge in [0, 0.05) is 13.1 Å². The molecule has 3 unspecified atom stereocenters. The summed E-state index contributed by atoms with van der Waals surface area (Å²) < 4.78 is 24.6. The fourth-order valence-electron chi connectivity index (χ4n) is 2.30. The maximum Gasteiger partial charge on any atom is 0.410 e. The highest BCUT2D eigenvalue weighted by atomic mass is 19.1. The average molecular weight is 260 g/mol. The number of piperidine rings is 1. The number of hydrogen-bond acceptors (Lipinski definition) is 4. The number of halogens is 1. The predicted molar refractivity (Wildman–Crippen MR) is 64.2 cm³/mol. The number of carbonyl (C=O) groups excluding carboxylic acids is 1. The van der Waals surface area contributed by atoms with Crippen LogP contribution < -0.4 is 5.32 Å². The summed E-state index contributed by atoms with van der Waals surface area (Å²) >= 11 is 0. The first-order chi connectivity index (χ1) is 8.37. The predicted octanol–water partition coefficient (Wildman–Crippen LogP) is 0.932. The van der Waals surface area contributed by atoms with Crippen molar-refractivity contribution in [1.29, 1.82) is 0 Å². The van der Waals surface area contributed by atoms with Gasteiger partial charge in [0.05, 0.1) is 19.2 Å². The molecule has 5 nitrogen and oxygen atoms in total. The molecular weight excluding hydrogens is 239 g/mol. The van der Waals surface area contributed by atoms with Crippen LogP contribution in [0.2, 0.25) is 0 Å². The van der Waals surface area contributed by atoms with Crippen LogP contribution in [0, 0.1) is 0 Å². The molecule has 0 spiro atoms. The van der Waals surface area contributed by atoms with Crippen molar-refractivity contribution in [3.05, 3.63) is 0 Å². The monoisotopic (exact) mass is 260 g/mol. The SMILES string of the molecule is CC(C)(C)OC(=O)N1CC(F)C2OCCNC2C1. The van der Waals surface area contributed by atoms with Gasteiger partial charge in [-0.15, -0.1) is 0 Å². The lowest BCUT2D eigenvalue weighted by atomic mass is 9.99. The number of likely N-dealkylation sites (tertiary alicyclic amines) is 1. The molecule has 2 fully saturated rings. The van der Waals surface area contributed by atoms with E-state index >= 15 is 0 Å². The molecule has 18 heavy (non-hydrogen) atoms. The van der Waals surface area contributed by atoms with E-state index in [1.807, 2.05) is 0 Å². The molecular formula is C12H21FN2O3. The van der Waals surface area contributed by atoms with Crippen molar-refractivity contribution in [2.45, 2.75) is 44.7 Å². The lowest BCUT2D eigenvalue weighted by Crippen LogP contribution is -2.64. The smallest absolute Gasteiger partial charge is 0.410 e. The molecule has 1 N–H and O–H groups in total. The molecule has 0 aromatic rings. The highest BCUT2D eigenvalue weighted by Crippen LogP contribution is 2.22. The van der Waals surface area contributed by atoms with Gasteiger partial charge >= 0.3 is 6.09 Å². The molecule has 0 aromatic heterocycles. The summed E-state index contributed by atoms with van der Waals surface area (Å²) in [5, 5.41) is 3.18. The zero-order valence-electron chi connectivity index (χ0n) is 11.1. The van der Waals surface area contributed by atoms with E-state index in [4.69, 9.17) is 9.47 Å². The van der Waals surface area contributed by atoms with Crippen molar-refractivity contribution in [2.24, 2.45) is 0 Å². The van der Waals surface area contributed by atoms with Crippen molar-refractivity contribution in [1.82, 2.24) is 10.2 Å². The largest absolute Gasteiger partial charge is 0.444 e. The third-order valence-corrected chi connectivity index (χ3v) is 3.04. The minimum Gasteiger partial charge on any atom is -0.444 e.